The molecule has 0 fully saturated rings. The van der Waals surface area contributed by atoms with Gasteiger partial charge in [0.25, 0.3) is 0 Å². The Labute approximate surface area is 157 Å². The molecule has 134 valence electrons. The molecule has 3 aromatic rings. The number of aromatic nitrogens is 1. The van der Waals surface area contributed by atoms with Crippen LogP contribution in [0.1, 0.15) is 46.0 Å². The van der Waals surface area contributed by atoms with Crippen molar-refractivity contribution in [1.29, 1.82) is 0 Å². The van der Waals surface area contributed by atoms with Crippen molar-refractivity contribution in [2.24, 2.45) is 0 Å². The van der Waals surface area contributed by atoms with Crippen LogP contribution in [-0.4, -0.2) is 16.0 Å². The predicted octanol–water partition coefficient (Wildman–Crippen LogP) is 5.41. The van der Waals surface area contributed by atoms with E-state index in [0.29, 0.717) is 6.04 Å². The van der Waals surface area contributed by atoms with Crippen LogP contribution in [0.2, 0.25) is 0 Å². The van der Waals surface area contributed by atoms with Crippen molar-refractivity contribution in [3.63, 3.8) is 0 Å². The van der Waals surface area contributed by atoms with Crippen LogP contribution in [-0.2, 0) is 13.1 Å². The van der Waals surface area contributed by atoms with E-state index in [1.54, 1.807) is 0 Å². The fraction of sp³-hybridized carbons (Fsp3) is 0.333. The summed E-state index contributed by atoms with van der Waals surface area (Å²) in [5.41, 5.74) is 8.40. The predicted molar refractivity (Wildman–Crippen MR) is 108 cm³/mol. The van der Waals surface area contributed by atoms with Gasteiger partial charge in [0.1, 0.15) is 0 Å². The maximum absolute atomic E-state index is 2.66. The molecule has 0 spiro atoms. The van der Waals surface area contributed by atoms with Crippen LogP contribution in [0.15, 0.2) is 60.8 Å². The number of nitrogens with zero attached hydrogens (tertiary/aromatic N) is 2. The van der Waals surface area contributed by atoms with E-state index in [1.807, 2.05) is 0 Å². The summed E-state index contributed by atoms with van der Waals surface area (Å²) in [6.45, 7) is 9.88. The lowest BCUT2D eigenvalue weighted by Gasteiger charge is -2.31. The molecule has 0 N–H and O–H groups in total. The van der Waals surface area contributed by atoms with Crippen LogP contribution in [0, 0.1) is 20.8 Å². The molecule has 26 heavy (non-hydrogen) atoms. The normalized spacial score (nSPS) is 17.7. The average molecular weight is 345 g/mol. The second-order valence-corrected chi connectivity index (χ2v) is 7.63. The number of hydrogen-bond donors (Lipinski definition) is 0. The molecule has 4 rings (SSSR count). The van der Waals surface area contributed by atoms with Gasteiger partial charge in [-0.25, -0.2) is 0 Å². The van der Waals surface area contributed by atoms with Gasteiger partial charge in [-0.05, 0) is 61.6 Å². The number of fused-ring (bicyclic) bond motifs is 1. The molecular formula is C24H28N2. The number of rotatable bonds is 3. The van der Waals surface area contributed by atoms with Crippen molar-refractivity contribution in [2.45, 2.75) is 46.3 Å². The van der Waals surface area contributed by atoms with Crippen molar-refractivity contribution < 1.29 is 0 Å². The molecule has 0 saturated heterocycles. The zero-order valence-corrected chi connectivity index (χ0v) is 16.1. The molecule has 0 aliphatic carbocycles. The summed E-state index contributed by atoms with van der Waals surface area (Å²) in [6.07, 6.45) is 3.43. The zero-order valence-electron chi connectivity index (χ0n) is 16.1. The van der Waals surface area contributed by atoms with E-state index in [-0.39, 0.29) is 0 Å². The van der Waals surface area contributed by atoms with E-state index in [9.17, 15) is 0 Å². The molecule has 1 aliphatic heterocycles. The van der Waals surface area contributed by atoms with Crippen LogP contribution in [0.5, 0.6) is 0 Å². The van der Waals surface area contributed by atoms with Gasteiger partial charge in [0.2, 0.25) is 0 Å². The lowest BCUT2D eigenvalue weighted by Crippen LogP contribution is -2.30. The summed E-state index contributed by atoms with van der Waals surface area (Å²) in [6, 6.07) is 20.5. The second kappa shape index (κ2) is 7.13. The summed E-state index contributed by atoms with van der Waals surface area (Å²) in [5.74, 6) is 0. The lowest BCUT2D eigenvalue weighted by atomic mass is 9.98. The Bertz CT molecular complexity index is 906. The van der Waals surface area contributed by atoms with Crippen molar-refractivity contribution in [1.82, 2.24) is 9.47 Å². The Morgan fingerprint density at radius 3 is 2.62 bits per heavy atom. The Balaban J connectivity index is 1.77. The Kier molecular flexibility index (Phi) is 4.69. The quantitative estimate of drug-likeness (QED) is 0.617. The van der Waals surface area contributed by atoms with E-state index < -0.39 is 0 Å². The third-order valence-electron chi connectivity index (χ3n) is 5.80. The molecule has 1 aromatic heterocycles. The first-order chi connectivity index (χ1) is 12.6. The second-order valence-electron chi connectivity index (χ2n) is 7.63. The SMILES string of the molecule is Cc1cccc(C2c3cccn3CCCN2Cc2cccc(C)c2C)c1. The molecule has 1 atom stereocenters. The molecule has 0 amide bonds. The molecule has 2 heterocycles. The Morgan fingerprint density at radius 2 is 1.77 bits per heavy atom. The fourth-order valence-corrected chi connectivity index (χ4v) is 4.23. The third-order valence-corrected chi connectivity index (χ3v) is 5.80. The lowest BCUT2D eigenvalue weighted by molar-refractivity contribution is 0.220. The minimum Gasteiger partial charge on any atom is -0.350 e. The molecule has 0 saturated carbocycles. The van der Waals surface area contributed by atoms with Crippen LogP contribution in [0.4, 0.5) is 0 Å². The molecule has 1 aliphatic rings. The molecule has 2 nitrogen and oxygen atoms in total. The van der Waals surface area contributed by atoms with Crippen LogP contribution in [0.25, 0.3) is 0 Å². The standard InChI is InChI=1S/C24H28N2/c1-18-8-4-10-21(16-18)24-23-12-6-13-25(23)14-7-15-26(24)17-22-11-5-9-19(2)20(22)3/h4-6,8-13,16,24H,7,14-15,17H2,1-3H3. The van der Waals surface area contributed by atoms with Crippen LogP contribution < -0.4 is 0 Å². The van der Waals surface area contributed by atoms with Gasteiger partial charge >= 0.3 is 0 Å². The largest absolute Gasteiger partial charge is 0.350 e. The van der Waals surface area contributed by atoms with Crippen LogP contribution in [0.3, 0.4) is 0 Å². The van der Waals surface area contributed by atoms with Gasteiger partial charge < -0.3 is 4.57 Å². The number of hydrogen-bond acceptors (Lipinski definition) is 1. The maximum atomic E-state index is 2.66. The van der Waals surface area contributed by atoms with Crippen molar-refractivity contribution in [2.75, 3.05) is 6.54 Å². The molecule has 1 unspecified atom stereocenters. The first kappa shape index (κ1) is 17.1. The minimum absolute atomic E-state index is 0.312. The third kappa shape index (κ3) is 3.22. The fourth-order valence-electron chi connectivity index (χ4n) is 4.23. The van der Waals surface area contributed by atoms with Gasteiger partial charge in [0, 0.05) is 31.5 Å². The minimum atomic E-state index is 0.312. The van der Waals surface area contributed by atoms with Crippen LogP contribution >= 0.6 is 0 Å². The highest BCUT2D eigenvalue weighted by Crippen LogP contribution is 2.33. The Morgan fingerprint density at radius 1 is 0.923 bits per heavy atom. The smallest absolute Gasteiger partial charge is 0.0759 e. The van der Waals surface area contributed by atoms with E-state index in [4.69, 9.17) is 0 Å². The summed E-state index contributed by atoms with van der Waals surface area (Å²) in [7, 11) is 0. The van der Waals surface area contributed by atoms with Gasteiger partial charge in [-0.15, -0.1) is 0 Å². The molecule has 0 bridgehead atoms. The van der Waals surface area contributed by atoms with Gasteiger partial charge in [-0.2, -0.15) is 0 Å². The molecule has 2 heteroatoms. The molecule has 0 radical (unpaired) electrons. The van der Waals surface area contributed by atoms with E-state index in [1.165, 1.54) is 39.9 Å². The van der Waals surface area contributed by atoms with Gasteiger partial charge in [-0.1, -0.05) is 48.0 Å². The number of benzene rings is 2. The highest BCUT2D eigenvalue weighted by molar-refractivity contribution is 5.35. The van der Waals surface area contributed by atoms with Gasteiger partial charge in [-0.3, -0.25) is 4.90 Å². The molecular weight excluding hydrogens is 316 g/mol. The van der Waals surface area contributed by atoms with E-state index in [2.05, 4.69) is 91.0 Å². The van der Waals surface area contributed by atoms with Crippen molar-refractivity contribution in [3.8, 4) is 0 Å². The average Bonchev–Trinajstić information content (AvgIpc) is 3.00. The summed E-state index contributed by atoms with van der Waals surface area (Å²) >= 11 is 0. The summed E-state index contributed by atoms with van der Waals surface area (Å²) < 4.78 is 2.44. The van der Waals surface area contributed by atoms with Gasteiger partial charge in [0.15, 0.2) is 0 Å². The highest BCUT2D eigenvalue weighted by Gasteiger charge is 2.27. The topological polar surface area (TPSA) is 8.17 Å². The number of aryl methyl sites for hydroxylation is 3. The van der Waals surface area contributed by atoms with Gasteiger partial charge in [0.05, 0.1) is 6.04 Å². The van der Waals surface area contributed by atoms with E-state index in [0.717, 1.165) is 19.6 Å². The van der Waals surface area contributed by atoms with Crippen molar-refractivity contribution >= 4 is 0 Å². The Hall–Kier alpha value is -2.32. The maximum Gasteiger partial charge on any atom is 0.0759 e. The van der Waals surface area contributed by atoms with Crippen molar-refractivity contribution in [3.05, 3.63) is 94.3 Å². The first-order valence-electron chi connectivity index (χ1n) is 9.64. The zero-order chi connectivity index (χ0) is 18.1. The first-order valence-corrected chi connectivity index (χ1v) is 9.64. The summed E-state index contributed by atoms with van der Waals surface area (Å²) in [4.78, 5) is 2.66. The monoisotopic (exact) mass is 344 g/mol. The summed E-state index contributed by atoms with van der Waals surface area (Å²) in [5, 5.41) is 0. The van der Waals surface area contributed by atoms with E-state index >= 15 is 0 Å². The molecule has 2 aromatic carbocycles. The highest BCUT2D eigenvalue weighted by atomic mass is 15.2.